The molecule has 0 spiro atoms. The molecule has 0 aliphatic heterocycles. The van der Waals surface area contributed by atoms with E-state index in [9.17, 15) is 19.7 Å². The number of carboxylic acids is 1. The molecule has 0 fully saturated rings. The molecule has 1 aromatic carbocycles. The molecule has 0 aliphatic carbocycles. The van der Waals surface area contributed by atoms with E-state index in [1.165, 1.54) is 25.1 Å². The summed E-state index contributed by atoms with van der Waals surface area (Å²) in [5, 5.41) is 21.6. The van der Waals surface area contributed by atoms with E-state index in [4.69, 9.17) is 5.11 Å². The minimum atomic E-state index is -1.30. The summed E-state index contributed by atoms with van der Waals surface area (Å²) in [6.07, 6.45) is 0. The Balaban J connectivity index is 3.01. The van der Waals surface area contributed by atoms with Crippen molar-refractivity contribution in [3.05, 3.63) is 32.8 Å². The summed E-state index contributed by atoms with van der Waals surface area (Å²) in [6, 6.07) is 4.06. The van der Waals surface area contributed by atoms with Crippen LogP contribution in [0.1, 0.15) is 6.92 Å². The highest BCUT2D eigenvalue weighted by molar-refractivity contribution is 9.10. The zero-order chi connectivity index (χ0) is 13.9. The van der Waals surface area contributed by atoms with Crippen molar-refractivity contribution in [2.24, 2.45) is 5.92 Å². The number of hydrogen-bond donors (Lipinski definition) is 2. The molecule has 0 bridgehead atoms. The van der Waals surface area contributed by atoms with Gasteiger partial charge >= 0.3 is 5.97 Å². The Bertz CT molecular complexity index is 517. The number of hydrogen-bond acceptors (Lipinski definition) is 4. The average Bonchev–Trinajstić information content (AvgIpc) is 2.29. The van der Waals surface area contributed by atoms with Crippen LogP contribution >= 0.6 is 15.9 Å². The number of aliphatic carboxylic acids is 1. The topological polar surface area (TPSA) is 110 Å². The molecule has 0 saturated carbocycles. The van der Waals surface area contributed by atoms with Gasteiger partial charge in [0, 0.05) is 10.5 Å². The van der Waals surface area contributed by atoms with E-state index < -0.39 is 22.7 Å². The Morgan fingerprint density at radius 3 is 2.61 bits per heavy atom. The second-order valence-corrected chi connectivity index (χ2v) is 4.38. The Hall–Kier alpha value is -1.96. The number of nitrogens with zero attached hydrogens (tertiary/aromatic N) is 1. The van der Waals surface area contributed by atoms with Crippen molar-refractivity contribution in [3.63, 3.8) is 0 Å². The number of amides is 1. The summed E-state index contributed by atoms with van der Waals surface area (Å²) in [7, 11) is 0. The van der Waals surface area contributed by atoms with Gasteiger partial charge in [0.2, 0.25) is 5.91 Å². The fourth-order valence-electron chi connectivity index (χ4n) is 1.11. The first-order valence-electron chi connectivity index (χ1n) is 4.80. The van der Waals surface area contributed by atoms with E-state index in [2.05, 4.69) is 21.2 Å². The predicted octanol–water partition coefficient (Wildman–Crippen LogP) is 2.02. The molecule has 0 aliphatic rings. The van der Waals surface area contributed by atoms with Crippen LogP contribution in [-0.4, -0.2) is 21.9 Å². The molecule has 0 radical (unpaired) electrons. The molecule has 1 atom stereocenters. The van der Waals surface area contributed by atoms with E-state index in [1.54, 1.807) is 0 Å². The maximum absolute atomic E-state index is 11.5. The number of nitrogens with one attached hydrogen (secondary N) is 1. The third-order valence-electron chi connectivity index (χ3n) is 2.18. The van der Waals surface area contributed by atoms with Crippen molar-refractivity contribution in [2.45, 2.75) is 6.92 Å². The molecule has 0 saturated heterocycles. The molecule has 1 aromatic rings. The summed E-state index contributed by atoms with van der Waals surface area (Å²) in [6.45, 7) is 1.20. The zero-order valence-corrected chi connectivity index (χ0v) is 10.8. The Morgan fingerprint density at radius 2 is 2.11 bits per heavy atom. The molecule has 96 valence electrons. The predicted molar refractivity (Wildman–Crippen MR) is 66.2 cm³/mol. The summed E-state index contributed by atoms with van der Waals surface area (Å²) >= 11 is 3.07. The average molecular weight is 317 g/mol. The minimum absolute atomic E-state index is 0.0405. The molecule has 1 unspecified atom stereocenters. The van der Waals surface area contributed by atoms with Gasteiger partial charge in [0.1, 0.15) is 11.6 Å². The van der Waals surface area contributed by atoms with E-state index in [1.807, 2.05) is 0 Å². The number of carbonyl (C=O) groups is 2. The highest BCUT2D eigenvalue weighted by Gasteiger charge is 2.23. The lowest BCUT2D eigenvalue weighted by atomic mass is 10.1. The van der Waals surface area contributed by atoms with E-state index in [0.717, 1.165) is 0 Å². The first-order chi connectivity index (χ1) is 8.32. The van der Waals surface area contributed by atoms with Crippen molar-refractivity contribution < 1.29 is 19.6 Å². The smallest absolute Gasteiger partial charge is 0.315 e. The number of anilines is 1. The van der Waals surface area contributed by atoms with Crippen LogP contribution in [0.5, 0.6) is 0 Å². The minimum Gasteiger partial charge on any atom is -0.481 e. The van der Waals surface area contributed by atoms with Gasteiger partial charge in [0.15, 0.2) is 0 Å². The summed E-state index contributed by atoms with van der Waals surface area (Å²) in [4.78, 5) is 32.2. The number of benzene rings is 1. The molecule has 1 rings (SSSR count). The second kappa shape index (κ2) is 5.58. The second-order valence-electron chi connectivity index (χ2n) is 3.47. The van der Waals surface area contributed by atoms with Gasteiger partial charge in [-0.2, -0.15) is 0 Å². The van der Waals surface area contributed by atoms with Gasteiger partial charge < -0.3 is 10.4 Å². The molecule has 8 heteroatoms. The SMILES string of the molecule is CC(C(=O)O)C(=O)Nc1ccc(Br)cc1[N+](=O)[O-]. The number of halogens is 1. The van der Waals surface area contributed by atoms with Crippen LogP contribution in [0.2, 0.25) is 0 Å². The van der Waals surface area contributed by atoms with Crippen molar-refractivity contribution in [1.82, 2.24) is 0 Å². The molecular formula is C10H9BrN2O5. The Morgan fingerprint density at radius 1 is 1.50 bits per heavy atom. The first-order valence-corrected chi connectivity index (χ1v) is 5.60. The van der Waals surface area contributed by atoms with Gasteiger partial charge in [-0.05, 0) is 19.1 Å². The molecule has 0 aromatic heterocycles. The molecule has 0 heterocycles. The van der Waals surface area contributed by atoms with Crippen LogP contribution in [-0.2, 0) is 9.59 Å². The Labute approximate surface area is 110 Å². The number of carboxylic acid groups (broad SMARTS) is 1. The van der Waals surface area contributed by atoms with E-state index in [-0.39, 0.29) is 11.4 Å². The van der Waals surface area contributed by atoms with Crippen LogP contribution in [0.4, 0.5) is 11.4 Å². The third-order valence-corrected chi connectivity index (χ3v) is 2.67. The number of carbonyl (C=O) groups excluding carboxylic acids is 1. The fourth-order valence-corrected chi connectivity index (χ4v) is 1.46. The van der Waals surface area contributed by atoms with Crippen molar-refractivity contribution in [1.29, 1.82) is 0 Å². The van der Waals surface area contributed by atoms with Crippen molar-refractivity contribution >= 4 is 39.2 Å². The van der Waals surface area contributed by atoms with Crippen LogP contribution in [0, 0.1) is 16.0 Å². The van der Waals surface area contributed by atoms with Crippen molar-refractivity contribution in [3.8, 4) is 0 Å². The highest BCUT2D eigenvalue weighted by Crippen LogP contribution is 2.28. The maximum Gasteiger partial charge on any atom is 0.315 e. The molecule has 7 nitrogen and oxygen atoms in total. The van der Waals surface area contributed by atoms with Gasteiger partial charge in [0.25, 0.3) is 5.69 Å². The molecule has 2 N–H and O–H groups in total. The van der Waals surface area contributed by atoms with E-state index >= 15 is 0 Å². The first kappa shape index (κ1) is 14.1. The van der Waals surface area contributed by atoms with Gasteiger partial charge in [0.05, 0.1) is 4.92 Å². The van der Waals surface area contributed by atoms with Crippen molar-refractivity contribution in [2.75, 3.05) is 5.32 Å². The normalized spacial score (nSPS) is 11.7. The van der Waals surface area contributed by atoms with Gasteiger partial charge in [-0.15, -0.1) is 0 Å². The largest absolute Gasteiger partial charge is 0.481 e. The number of nitro benzene ring substituents is 1. The molecular weight excluding hydrogens is 308 g/mol. The summed E-state index contributed by atoms with van der Waals surface area (Å²) < 4.78 is 0.485. The fraction of sp³-hybridized carbons (Fsp3) is 0.200. The maximum atomic E-state index is 11.5. The van der Waals surface area contributed by atoms with Crippen LogP contribution in [0.3, 0.4) is 0 Å². The summed E-state index contributed by atoms with van der Waals surface area (Å²) in [5.74, 6) is -3.39. The highest BCUT2D eigenvalue weighted by atomic mass is 79.9. The molecule has 1 amide bonds. The Kier molecular flexibility index (Phi) is 4.38. The summed E-state index contributed by atoms with van der Waals surface area (Å²) in [5.41, 5.74) is -0.350. The van der Waals surface area contributed by atoms with Crippen LogP contribution < -0.4 is 5.32 Å². The monoisotopic (exact) mass is 316 g/mol. The lowest BCUT2D eigenvalue weighted by molar-refractivity contribution is -0.384. The number of rotatable bonds is 4. The van der Waals surface area contributed by atoms with Crippen LogP contribution in [0.15, 0.2) is 22.7 Å². The van der Waals surface area contributed by atoms with Gasteiger partial charge in [-0.1, -0.05) is 15.9 Å². The lowest BCUT2D eigenvalue weighted by Crippen LogP contribution is -2.27. The lowest BCUT2D eigenvalue weighted by Gasteiger charge is -2.08. The standard InChI is InChI=1S/C10H9BrN2O5/c1-5(10(15)16)9(14)12-7-3-2-6(11)4-8(7)13(17)18/h2-5H,1H3,(H,12,14)(H,15,16). The van der Waals surface area contributed by atoms with Gasteiger partial charge in [-0.25, -0.2) is 0 Å². The number of nitro groups is 1. The van der Waals surface area contributed by atoms with Gasteiger partial charge in [-0.3, -0.25) is 19.7 Å². The molecule has 18 heavy (non-hydrogen) atoms. The third kappa shape index (κ3) is 3.27. The quantitative estimate of drug-likeness (QED) is 0.501. The zero-order valence-electron chi connectivity index (χ0n) is 9.21. The van der Waals surface area contributed by atoms with E-state index in [0.29, 0.717) is 4.47 Å². The van der Waals surface area contributed by atoms with Crippen LogP contribution in [0.25, 0.3) is 0 Å².